The van der Waals surface area contributed by atoms with Crippen molar-refractivity contribution in [3.63, 3.8) is 0 Å². The van der Waals surface area contributed by atoms with E-state index in [4.69, 9.17) is 10.5 Å². The molecule has 1 aliphatic rings. The largest absolute Gasteiger partial charge is 0.378 e. The van der Waals surface area contributed by atoms with Gasteiger partial charge in [-0.05, 0) is 31.0 Å². The number of rotatable bonds is 8. The molecule has 0 aliphatic heterocycles. The van der Waals surface area contributed by atoms with Crippen molar-refractivity contribution in [1.29, 1.82) is 0 Å². The van der Waals surface area contributed by atoms with Crippen molar-refractivity contribution < 1.29 is 14.3 Å². The van der Waals surface area contributed by atoms with E-state index in [-0.39, 0.29) is 30.3 Å². The van der Waals surface area contributed by atoms with Gasteiger partial charge in [0.2, 0.25) is 11.8 Å². The van der Waals surface area contributed by atoms with E-state index in [0.29, 0.717) is 26.0 Å². The zero-order valence-corrected chi connectivity index (χ0v) is 17.4. The van der Waals surface area contributed by atoms with Gasteiger partial charge in [0.25, 0.3) is 0 Å². The minimum Gasteiger partial charge on any atom is -0.378 e. The molecule has 152 valence electrons. The van der Waals surface area contributed by atoms with Crippen LogP contribution in [0.5, 0.6) is 0 Å². The lowest BCUT2D eigenvalue weighted by Gasteiger charge is -2.57. The Morgan fingerprint density at radius 3 is 2.37 bits per heavy atom. The van der Waals surface area contributed by atoms with E-state index >= 15 is 0 Å². The molecule has 1 saturated carbocycles. The number of anilines is 1. The summed E-state index contributed by atoms with van der Waals surface area (Å²) in [7, 11) is 0. The van der Waals surface area contributed by atoms with Gasteiger partial charge >= 0.3 is 0 Å². The topological polar surface area (TPSA) is 93.5 Å². The molecule has 0 heterocycles. The molecule has 0 aromatic heterocycles. The maximum Gasteiger partial charge on any atom is 0.241 e. The van der Waals surface area contributed by atoms with Crippen molar-refractivity contribution in [3.8, 4) is 0 Å². The third kappa shape index (κ3) is 5.00. The summed E-state index contributed by atoms with van der Waals surface area (Å²) in [6, 6.07) is 7.46. The van der Waals surface area contributed by atoms with E-state index in [1.165, 1.54) is 0 Å². The summed E-state index contributed by atoms with van der Waals surface area (Å²) >= 11 is 0. The molecule has 1 aliphatic carbocycles. The molecular formula is C20H32ClN3O3. The molecule has 1 fully saturated rings. The average Bonchev–Trinajstić information content (AvgIpc) is 2.60. The molecule has 6 nitrogen and oxygen atoms in total. The number of ether oxygens (including phenoxy) is 1. The van der Waals surface area contributed by atoms with Crippen LogP contribution in [0.25, 0.3) is 0 Å². The summed E-state index contributed by atoms with van der Waals surface area (Å²) in [5, 5.41) is 5.78. The van der Waals surface area contributed by atoms with Crippen LogP contribution in [-0.4, -0.2) is 30.1 Å². The summed E-state index contributed by atoms with van der Waals surface area (Å²) in [4.78, 5) is 24.2. The van der Waals surface area contributed by atoms with E-state index in [0.717, 1.165) is 17.7 Å². The maximum absolute atomic E-state index is 12.6. The third-order valence-corrected chi connectivity index (χ3v) is 5.40. The molecule has 0 saturated heterocycles. The second kappa shape index (κ2) is 9.53. The van der Waals surface area contributed by atoms with Gasteiger partial charge in [-0.2, -0.15) is 0 Å². The summed E-state index contributed by atoms with van der Waals surface area (Å²) < 4.78 is 5.67. The van der Waals surface area contributed by atoms with Gasteiger partial charge in [0.05, 0.1) is 6.10 Å². The normalized spacial score (nSPS) is 22.9. The Morgan fingerprint density at radius 2 is 1.85 bits per heavy atom. The highest BCUT2D eigenvalue weighted by Gasteiger charge is 2.62. The molecule has 1 aromatic carbocycles. The quantitative estimate of drug-likeness (QED) is 0.628. The van der Waals surface area contributed by atoms with Gasteiger partial charge in [-0.15, -0.1) is 12.4 Å². The second-order valence-electron chi connectivity index (χ2n) is 7.52. The Balaban J connectivity index is 0.00000364. The first-order valence-electron chi connectivity index (χ1n) is 9.32. The Bertz CT molecular complexity index is 648. The van der Waals surface area contributed by atoms with E-state index in [9.17, 15) is 9.59 Å². The van der Waals surface area contributed by atoms with E-state index < -0.39 is 11.0 Å². The predicted octanol–water partition coefficient (Wildman–Crippen LogP) is 3.00. The first-order chi connectivity index (χ1) is 12.2. The van der Waals surface area contributed by atoms with Crippen molar-refractivity contribution in [1.82, 2.24) is 5.32 Å². The van der Waals surface area contributed by atoms with Crippen LogP contribution in [0.3, 0.4) is 0 Å². The summed E-state index contributed by atoms with van der Waals surface area (Å²) in [6.45, 7) is 8.88. The highest BCUT2D eigenvalue weighted by atomic mass is 35.5. The van der Waals surface area contributed by atoms with Crippen LogP contribution in [-0.2, 0) is 20.9 Å². The Morgan fingerprint density at radius 1 is 1.22 bits per heavy atom. The predicted molar refractivity (Wildman–Crippen MR) is 110 cm³/mol. The van der Waals surface area contributed by atoms with E-state index in [1.54, 1.807) is 0 Å². The number of hydrogen-bond donors (Lipinski definition) is 3. The lowest BCUT2D eigenvalue weighted by Crippen LogP contribution is -2.75. The second-order valence-corrected chi connectivity index (χ2v) is 7.52. The van der Waals surface area contributed by atoms with Crippen LogP contribution in [0, 0.1) is 5.41 Å². The molecule has 0 radical (unpaired) electrons. The van der Waals surface area contributed by atoms with Gasteiger partial charge in [-0.25, -0.2) is 0 Å². The molecule has 2 rings (SSSR count). The van der Waals surface area contributed by atoms with Crippen LogP contribution in [0.4, 0.5) is 5.69 Å². The van der Waals surface area contributed by atoms with Gasteiger partial charge in [0.15, 0.2) is 0 Å². The van der Waals surface area contributed by atoms with Crippen LogP contribution < -0.4 is 16.4 Å². The first kappa shape index (κ1) is 23.4. The van der Waals surface area contributed by atoms with Crippen molar-refractivity contribution in [2.24, 2.45) is 11.1 Å². The number of halogens is 1. The van der Waals surface area contributed by atoms with Gasteiger partial charge in [0.1, 0.15) is 5.54 Å². The van der Waals surface area contributed by atoms with Crippen LogP contribution in [0.2, 0.25) is 0 Å². The molecular weight excluding hydrogens is 366 g/mol. The number of benzene rings is 1. The zero-order chi connectivity index (χ0) is 19.4. The van der Waals surface area contributed by atoms with Crippen molar-refractivity contribution in [2.75, 3.05) is 11.9 Å². The molecule has 27 heavy (non-hydrogen) atoms. The van der Waals surface area contributed by atoms with E-state index in [2.05, 4.69) is 10.6 Å². The lowest BCUT2D eigenvalue weighted by atomic mass is 9.54. The van der Waals surface area contributed by atoms with Gasteiger partial charge in [0, 0.05) is 37.1 Å². The maximum atomic E-state index is 12.6. The van der Waals surface area contributed by atoms with Gasteiger partial charge < -0.3 is 21.1 Å². The van der Waals surface area contributed by atoms with Crippen LogP contribution in [0.15, 0.2) is 24.3 Å². The summed E-state index contributed by atoms with van der Waals surface area (Å²) in [5.41, 5.74) is 6.77. The van der Waals surface area contributed by atoms with Gasteiger partial charge in [-0.1, -0.05) is 32.9 Å². The molecule has 2 unspecified atom stereocenters. The minimum atomic E-state index is -0.916. The average molecular weight is 398 g/mol. The highest BCUT2D eigenvalue weighted by Crippen LogP contribution is 2.49. The van der Waals surface area contributed by atoms with Crippen LogP contribution >= 0.6 is 12.4 Å². The summed E-state index contributed by atoms with van der Waals surface area (Å²) in [6.07, 6.45) is 1.86. The Kier molecular flexibility index (Phi) is 8.26. The smallest absolute Gasteiger partial charge is 0.241 e. The molecule has 7 heteroatoms. The first-order valence-corrected chi connectivity index (χ1v) is 9.32. The highest BCUT2D eigenvalue weighted by molar-refractivity contribution is 5.90. The lowest BCUT2D eigenvalue weighted by molar-refractivity contribution is -0.170. The number of hydrogen-bond acceptors (Lipinski definition) is 4. The molecule has 2 amide bonds. The molecule has 4 N–H and O–H groups in total. The minimum absolute atomic E-state index is 0. The van der Waals surface area contributed by atoms with Crippen LogP contribution in [0.1, 0.15) is 52.5 Å². The zero-order valence-electron chi connectivity index (χ0n) is 16.6. The molecule has 0 spiro atoms. The Labute approximate surface area is 168 Å². The van der Waals surface area contributed by atoms with Crippen molar-refractivity contribution in [3.05, 3.63) is 29.8 Å². The number of nitrogens with two attached hydrogens (primary N) is 1. The SMILES string of the molecule is CCCC(=O)Nc1ccc(CNC(=O)C2(N)CC(OCC)C2(C)C)cc1.Cl. The fraction of sp³-hybridized carbons (Fsp3) is 0.600. The number of carbonyl (C=O) groups is 2. The van der Waals surface area contributed by atoms with Gasteiger partial charge in [-0.3, -0.25) is 9.59 Å². The van der Waals surface area contributed by atoms with Crippen molar-refractivity contribution in [2.45, 2.75) is 65.1 Å². The standard InChI is InChI=1S/C20H31N3O3.ClH/c1-5-7-17(24)23-15-10-8-14(9-11-15)13-22-18(25)20(21)12-16(26-6-2)19(20,3)4;/h8-11,16H,5-7,12-13,21H2,1-4H3,(H,22,25)(H,23,24);1H. The summed E-state index contributed by atoms with van der Waals surface area (Å²) in [5.74, 6) is -0.145. The van der Waals surface area contributed by atoms with Crippen molar-refractivity contribution >= 4 is 29.9 Å². The number of nitrogens with one attached hydrogen (secondary N) is 2. The monoisotopic (exact) mass is 397 g/mol. The number of amides is 2. The van der Waals surface area contributed by atoms with E-state index in [1.807, 2.05) is 52.0 Å². The fourth-order valence-corrected chi connectivity index (χ4v) is 3.32. The molecule has 2 atom stereocenters. The Hall–Kier alpha value is -1.63. The third-order valence-electron chi connectivity index (χ3n) is 5.40. The molecule has 1 aromatic rings. The fourth-order valence-electron chi connectivity index (χ4n) is 3.32. The molecule has 0 bridgehead atoms. The number of carbonyl (C=O) groups excluding carboxylic acids is 2.